The maximum Gasteiger partial charge on any atom is 0.328 e. The lowest BCUT2D eigenvalue weighted by atomic mass is 10.1. The van der Waals surface area contributed by atoms with Gasteiger partial charge < -0.3 is 5.11 Å². The van der Waals surface area contributed by atoms with Crippen molar-refractivity contribution < 1.29 is 9.90 Å². The Balaban J connectivity index is 2.27. The molecule has 4 heteroatoms. The minimum absolute atomic E-state index is 0.866. The van der Waals surface area contributed by atoms with Crippen LogP contribution in [-0.4, -0.2) is 16.1 Å². The Labute approximate surface area is 109 Å². The van der Waals surface area contributed by atoms with E-state index < -0.39 is 5.97 Å². The molecule has 92 valence electrons. The first-order valence-electron chi connectivity index (χ1n) is 5.52. The molecule has 3 nitrogen and oxygen atoms in total. The van der Waals surface area contributed by atoms with E-state index in [0.717, 1.165) is 27.9 Å². The SMILES string of the molecule is Cc1nc(-c2ccc(/C=C/C(=O)O)cc2)c(C)s1. The molecule has 0 unspecified atom stereocenters. The fraction of sp³-hybridized carbons (Fsp3) is 0.143. The molecular weight excluding hydrogens is 246 g/mol. The Hall–Kier alpha value is -1.94. The minimum Gasteiger partial charge on any atom is -0.478 e. The zero-order valence-corrected chi connectivity index (χ0v) is 11.0. The van der Waals surface area contributed by atoms with E-state index in [1.807, 2.05) is 31.2 Å². The van der Waals surface area contributed by atoms with Crippen LogP contribution in [0.15, 0.2) is 30.3 Å². The summed E-state index contributed by atoms with van der Waals surface area (Å²) in [5.41, 5.74) is 2.93. The topological polar surface area (TPSA) is 50.2 Å². The third-order valence-corrected chi connectivity index (χ3v) is 3.39. The van der Waals surface area contributed by atoms with Crippen LogP contribution in [0.1, 0.15) is 15.4 Å². The van der Waals surface area contributed by atoms with Crippen molar-refractivity contribution in [1.82, 2.24) is 4.98 Å². The molecule has 0 atom stereocenters. The van der Waals surface area contributed by atoms with E-state index in [4.69, 9.17) is 5.11 Å². The van der Waals surface area contributed by atoms with Gasteiger partial charge in [0.1, 0.15) is 0 Å². The zero-order chi connectivity index (χ0) is 13.1. The van der Waals surface area contributed by atoms with Gasteiger partial charge >= 0.3 is 5.97 Å². The molecule has 0 fully saturated rings. The van der Waals surface area contributed by atoms with Gasteiger partial charge in [-0.15, -0.1) is 11.3 Å². The highest BCUT2D eigenvalue weighted by Gasteiger charge is 2.06. The summed E-state index contributed by atoms with van der Waals surface area (Å²) in [7, 11) is 0. The summed E-state index contributed by atoms with van der Waals surface area (Å²) in [5, 5.41) is 9.60. The number of thiazole rings is 1. The van der Waals surface area contributed by atoms with Crippen LogP contribution in [0.25, 0.3) is 17.3 Å². The second-order valence-corrected chi connectivity index (χ2v) is 5.34. The molecule has 0 saturated carbocycles. The summed E-state index contributed by atoms with van der Waals surface area (Å²) < 4.78 is 0. The van der Waals surface area contributed by atoms with Gasteiger partial charge in [0.05, 0.1) is 10.7 Å². The van der Waals surface area contributed by atoms with Gasteiger partial charge in [-0.3, -0.25) is 0 Å². The summed E-state index contributed by atoms with van der Waals surface area (Å²) in [4.78, 5) is 16.1. The number of aliphatic carboxylic acids is 1. The second kappa shape index (κ2) is 5.14. The van der Waals surface area contributed by atoms with Gasteiger partial charge in [-0.2, -0.15) is 0 Å². The second-order valence-electron chi connectivity index (χ2n) is 3.93. The summed E-state index contributed by atoms with van der Waals surface area (Å²) in [6.07, 6.45) is 2.71. The van der Waals surface area contributed by atoms with E-state index in [2.05, 4.69) is 11.9 Å². The van der Waals surface area contributed by atoms with Crippen LogP contribution in [-0.2, 0) is 4.79 Å². The quantitative estimate of drug-likeness (QED) is 0.858. The van der Waals surface area contributed by atoms with Crippen molar-refractivity contribution in [2.75, 3.05) is 0 Å². The van der Waals surface area contributed by atoms with Crippen LogP contribution in [0.5, 0.6) is 0 Å². The van der Waals surface area contributed by atoms with Crippen LogP contribution < -0.4 is 0 Å². The molecule has 0 spiro atoms. The predicted octanol–water partition coefficient (Wildman–Crippen LogP) is 3.52. The molecule has 0 aliphatic rings. The first-order valence-corrected chi connectivity index (χ1v) is 6.33. The zero-order valence-electron chi connectivity index (χ0n) is 10.2. The summed E-state index contributed by atoms with van der Waals surface area (Å²) >= 11 is 1.68. The Morgan fingerprint density at radius 3 is 2.44 bits per heavy atom. The normalized spacial score (nSPS) is 11.0. The van der Waals surface area contributed by atoms with Crippen molar-refractivity contribution in [2.45, 2.75) is 13.8 Å². The monoisotopic (exact) mass is 259 g/mol. The number of hydrogen-bond donors (Lipinski definition) is 1. The molecule has 1 aromatic heterocycles. The molecule has 0 radical (unpaired) electrons. The lowest BCUT2D eigenvalue weighted by molar-refractivity contribution is -0.131. The van der Waals surface area contributed by atoms with Gasteiger partial charge in [-0.25, -0.2) is 9.78 Å². The number of nitrogens with zero attached hydrogens (tertiary/aromatic N) is 1. The van der Waals surface area contributed by atoms with Crippen LogP contribution in [0.3, 0.4) is 0 Å². The maximum absolute atomic E-state index is 10.4. The van der Waals surface area contributed by atoms with Crippen molar-refractivity contribution in [1.29, 1.82) is 0 Å². The molecule has 1 aromatic carbocycles. The number of carboxylic acids is 1. The highest BCUT2D eigenvalue weighted by molar-refractivity contribution is 7.11. The standard InChI is InChI=1S/C14H13NO2S/c1-9-14(15-10(2)18-9)12-6-3-11(4-7-12)5-8-13(16)17/h3-8H,1-2H3,(H,16,17)/b8-5+. The third-order valence-electron chi connectivity index (χ3n) is 2.51. The van der Waals surface area contributed by atoms with E-state index in [1.165, 1.54) is 4.88 Å². The number of carbonyl (C=O) groups is 1. The van der Waals surface area contributed by atoms with Crippen molar-refractivity contribution >= 4 is 23.4 Å². The average molecular weight is 259 g/mol. The van der Waals surface area contributed by atoms with Gasteiger partial charge in [0.25, 0.3) is 0 Å². The summed E-state index contributed by atoms with van der Waals surface area (Å²) in [6.45, 7) is 4.05. The lowest BCUT2D eigenvalue weighted by Crippen LogP contribution is -1.86. The number of benzene rings is 1. The molecule has 1 N–H and O–H groups in total. The first kappa shape index (κ1) is 12.5. The number of aromatic nitrogens is 1. The third kappa shape index (κ3) is 2.84. The molecule has 0 bridgehead atoms. The molecule has 18 heavy (non-hydrogen) atoms. The first-order chi connectivity index (χ1) is 8.56. The maximum atomic E-state index is 10.4. The van der Waals surface area contributed by atoms with Crippen LogP contribution in [0.2, 0.25) is 0 Å². The van der Waals surface area contributed by atoms with E-state index in [9.17, 15) is 4.79 Å². The largest absolute Gasteiger partial charge is 0.478 e. The predicted molar refractivity (Wildman–Crippen MR) is 73.7 cm³/mol. The fourth-order valence-corrected chi connectivity index (χ4v) is 2.56. The van der Waals surface area contributed by atoms with Crippen molar-refractivity contribution in [3.8, 4) is 11.3 Å². The Bertz CT molecular complexity index is 597. The Morgan fingerprint density at radius 1 is 1.28 bits per heavy atom. The molecule has 0 amide bonds. The number of hydrogen-bond acceptors (Lipinski definition) is 3. The number of rotatable bonds is 3. The summed E-state index contributed by atoms with van der Waals surface area (Å²) in [5.74, 6) is -0.940. The van der Waals surface area contributed by atoms with E-state index >= 15 is 0 Å². The molecular formula is C14H13NO2S. The van der Waals surface area contributed by atoms with Crippen molar-refractivity contribution in [3.63, 3.8) is 0 Å². The Morgan fingerprint density at radius 2 is 1.94 bits per heavy atom. The highest BCUT2D eigenvalue weighted by Crippen LogP contribution is 2.27. The number of aryl methyl sites for hydroxylation is 2. The fourth-order valence-electron chi connectivity index (χ4n) is 1.72. The molecule has 0 saturated heterocycles. The highest BCUT2D eigenvalue weighted by atomic mass is 32.1. The minimum atomic E-state index is -0.940. The van der Waals surface area contributed by atoms with E-state index in [1.54, 1.807) is 17.4 Å². The number of carboxylic acid groups (broad SMARTS) is 1. The smallest absolute Gasteiger partial charge is 0.328 e. The van der Waals surface area contributed by atoms with Gasteiger partial charge in [-0.05, 0) is 25.5 Å². The Kier molecular flexibility index (Phi) is 3.58. The van der Waals surface area contributed by atoms with Crippen LogP contribution in [0.4, 0.5) is 0 Å². The molecule has 2 aromatic rings. The van der Waals surface area contributed by atoms with Gasteiger partial charge in [-0.1, -0.05) is 24.3 Å². The summed E-state index contributed by atoms with van der Waals surface area (Å²) in [6, 6.07) is 7.71. The average Bonchev–Trinajstić information content (AvgIpc) is 2.66. The van der Waals surface area contributed by atoms with E-state index in [0.29, 0.717) is 0 Å². The van der Waals surface area contributed by atoms with Crippen molar-refractivity contribution in [3.05, 3.63) is 45.8 Å². The molecule has 1 heterocycles. The van der Waals surface area contributed by atoms with E-state index in [-0.39, 0.29) is 0 Å². The molecule has 2 rings (SSSR count). The van der Waals surface area contributed by atoms with Gasteiger partial charge in [0.2, 0.25) is 0 Å². The van der Waals surface area contributed by atoms with Gasteiger partial charge in [0, 0.05) is 16.5 Å². The van der Waals surface area contributed by atoms with Crippen LogP contribution >= 0.6 is 11.3 Å². The molecule has 0 aliphatic heterocycles. The van der Waals surface area contributed by atoms with Crippen molar-refractivity contribution in [2.24, 2.45) is 0 Å². The van der Waals surface area contributed by atoms with Crippen LogP contribution in [0, 0.1) is 13.8 Å². The van der Waals surface area contributed by atoms with Gasteiger partial charge in [0.15, 0.2) is 0 Å². The lowest BCUT2D eigenvalue weighted by Gasteiger charge is -1.99. The molecule has 0 aliphatic carbocycles.